The SMILES string of the molecule is Cc1ccc(N)c(CNc2nc(NC(CO)C(C)C)nc3c2ncn3C)c1. The minimum Gasteiger partial charge on any atom is -0.398 e. The van der Waals surface area contributed by atoms with Gasteiger partial charge in [-0.05, 0) is 24.5 Å². The fourth-order valence-electron chi connectivity index (χ4n) is 2.85. The Morgan fingerprint density at radius 3 is 2.74 bits per heavy atom. The number of fused-ring (bicyclic) bond motifs is 1. The van der Waals surface area contributed by atoms with Crippen molar-refractivity contribution in [2.45, 2.75) is 33.4 Å². The molecular weight excluding hydrogens is 342 g/mol. The summed E-state index contributed by atoms with van der Waals surface area (Å²) in [5.74, 6) is 1.33. The van der Waals surface area contributed by atoms with Gasteiger partial charge in [-0.2, -0.15) is 9.97 Å². The van der Waals surface area contributed by atoms with Crippen molar-refractivity contribution in [1.82, 2.24) is 19.5 Å². The van der Waals surface area contributed by atoms with E-state index in [-0.39, 0.29) is 18.6 Å². The Labute approximate surface area is 158 Å². The Morgan fingerprint density at radius 1 is 1.26 bits per heavy atom. The van der Waals surface area contributed by atoms with Gasteiger partial charge in [0, 0.05) is 19.3 Å². The first kappa shape index (κ1) is 18.9. The van der Waals surface area contributed by atoms with Gasteiger partial charge in [0.1, 0.15) is 0 Å². The summed E-state index contributed by atoms with van der Waals surface area (Å²) in [5.41, 5.74) is 10.4. The molecule has 1 unspecified atom stereocenters. The van der Waals surface area contributed by atoms with Crippen LogP contribution in [0.15, 0.2) is 24.5 Å². The molecule has 0 saturated carbocycles. The standard InChI is InChI=1S/C19H27N7O/c1-11(2)15(9-27)23-19-24-17(16-18(25-19)26(4)10-22-16)21-8-13-7-12(3)5-6-14(13)20/h5-7,10-11,15,27H,8-9,20H2,1-4H3,(H2,21,23,24,25). The summed E-state index contributed by atoms with van der Waals surface area (Å²) in [6, 6.07) is 5.82. The van der Waals surface area contributed by atoms with Gasteiger partial charge in [-0.25, -0.2) is 4.98 Å². The molecule has 2 aromatic heterocycles. The number of hydrogen-bond donors (Lipinski definition) is 4. The van der Waals surface area contributed by atoms with Gasteiger partial charge in [0.25, 0.3) is 0 Å². The number of anilines is 3. The molecule has 0 fully saturated rings. The van der Waals surface area contributed by atoms with E-state index in [9.17, 15) is 5.11 Å². The van der Waals surface area contributed by atoms with Gasteiger partial charge in [0.15, 0.2) is 17.0 Å². The van der Waals surface area contributed by atoms with Gasteiger partial charge in [-0.3, -0.25) is 0 Å². The number of aryl methyl sites for hydroxylation is 2. The highest BCUT2D eigenvalue weighted by Crippen LogP contribution is 2.23. The molecule has 0 spiro atoms. The van der Waals surface area contributed by atoms with Crippen molar-refractivity contribution in [3.05, 3.63) is 35.7 Å². The maximum atomic E-state index is 9.60. The third kappa shape index (κ3) is 4.11. The second kappa shape index (κ2) is 7.79. The first-order chi connectivity index (χ1) is 12.9. The molecule has 0 aliphatic heterocycles. The van der Waals surface area contributed by atoms with Crippen molar-refractivity contribution in [3.63, 3.8) is 0 Å². The second-order valence-electron chi connectivity index (χ2n) is 7.16. The highest BCUT2D eigenvalue weighted by atomic mass is 16.3. The first-order valence-electron chi connectivity index (χ1n) is 9.04. The average Bonchev–Trinajstić information content (AvgIpc) is 3.01. The number of hydrogen-bond acceptors (Lipinski definition) is 7. The topological polar surface area (TPSA) is 114 Å². The summed E-state index contributed by atoms with van der Waals surface area (Å²) < 4.78 is 1.84. The Kier molecular flexibility index (Phi) is 5.46. The molecule has 5 N–H and O–H groups in total. The van der Waals surface area contributed by atoms with E-state index in [2.05, 4.69) is 31.7 Å². The Bertz CT molecular complexity index is 935. The summed E-state index contributed by atoms with van der Waals surface area (Å²) in [6.07, 6.45) is 1.71. The van der Waals surface area contributed by atoms with Crippen LogP contribution in [-0.4, -0.2) is 37.3 Å². The van der Waals surface area contributed by atoms with Crippen LogP contribution in [0.2, 0.25) is 0 Å². The van der Waals surface area contributed by atoms with Gasteiger partial charge < -0.3 is 26.0 Å². The zero-order valence-electron chi connectivity index (χ0n) is 16.2. The predicted octanol–water partition coefficient (Wildman–Crippen LogP) is 2.29. The summed E-state index contributed by atoms with van der Waals surface area (Å²) in [6.45, 7) is 6.65. The van der Waals surface area contributed by atoms with Crippen molar-refractivity contribution in [3.8, 4) is 0 Å². The number of benzene rings is 1. The van der Waals surface area contributed by atoms with Crippen LogP contribution < -0.4 is 16.4 Å². The fourth-order valence-corrected chi connectivity index (χ4v) is 2.85. The molecule has 3 aromatic rings. The minimum atomic E-state index is -0.129. The lowest BCUT2D eigenvalue weighted by molar-refractivity contribution is 0.248. The summed E-state index contributed by atoms with van der Waals surface area (Å²) >= 11 is 0. The summed E-state index contributed by atoms with van der Waals surface area (Å²) in [7, 11) is 1.89. The molecule has 8 nitrogen and oxygen atoms in total. The molecular formula is C19H27N7O. The maximum Gasteiger partial charge on any atom is 0.227 e. The minimum absolute atomic E-state index is 0.00698. The number of nitrogen functional groups attached to an aromatic ring is 1. The molecule has 27 heavy (non-hydrogen) atoms. The zero-order valence-corrected chi connectivity index (χ0v) is 16.2. The van der Waals surface area contributed by atoms with Crippen LogP contribution in [0.3, 0.4) is 0 Å². The van der Waals surface area contributed by atoms with E-state index < -0.39 is 0 Å². The monoisotopic (exact) mass is 369 g/mol. The molecule has 0 aliphatic carbocycles. The van der Waals surface area contributed by atoms with Crippen LogP contribution in [0.5, 0.6) is 0 Å². The lowest BCUT2D eigenvalue weighted by atomic mass is 10.1. The summed E-state index contributed by atoms with van der Waals surface area (Å²) in [5, 5.41) is 16.2. The number of rotatable bonds is 7. The summed E-state index contributed by atoms with van der Waals surface area (Å²) in [4.78, 5) is 13.6. The van der Waals surface area contributed by atoms with E-state index in [1.54, 1.807) is 6.33 Å². The molecule has 0 bridgehead atoms. The second-order valence-corrected chi connectivity index (χ2v) is 7.16. The number of aromatic nitrogens is 4. The van der Waals surface area contributed by atoms with Crippen molar-refractivity contribution < 1.29 is 5.11 Å². The van der Waals surface area contributed by atoms with Gasteiger partial charge in [-0.15, -0.1) is 0 Å². The van der Waals surface area contributed by atoms with Gasteiger partial charge in [-0.1, -0.05) is 31.5 Å². The third-order valence-electron chi connectivity index (χ3n) is 4.62. The zero-order chi connectivity index (χ0) is 19.6. The first-order valence-corrected chi connectivity index (χ1v) is 9.04. The van der Waals surface area contributed by atoms with Crippen LogP contribution in [0.4, 0.5) is 17.5 Å². The predicted molar refractivity (Wildman–Crippen MR) is 109 cm³/mol. The molecule has 3 rings (SSSR count). The Hall–Kier alpha value is -2.87. The maximum absolute atomic E-state index is 9.60. The number of nitrogens with two attached hydrogens (primary N) is 1. The van der Waals surface area contributed by atoms with Gasteiger partial charge in [0.05, 0.1) is 19.0 Å². The van der Waals surface area contributed by atoms with Gasteiger partial charge >= 0.3 is 0 Å². The van der Waals surface area contributed by atoms with E-state index in [1.165, 1.54) is 0 Å². The lowest BCUT2D eigenvalue weighted by Crippen LogP contribution is -2.30. The fraction of sp³-hybridized carbons (Fsp3) is 0.421. The van der Waals surface area contributed by atoms with Crippen LogP contribution in [0.25, 0.3) is 11.2 Å². The van der Waals surface area contributed by atoms with E-state index in [0.717, 1.165) is 16.8 Å². The Morgan fingerprint density at radius 2 is 2.04 bits per heavy atom. The van der Waals surface area contributed by atoms with Crippen LogP contribution in [0.1, 0.15) is 25.0 Å². The molecule has 0 amide bonds. The number of nitrogens with zero attached hydrogens (tertiary/aromatic N) is 4. The molecule has 8 heteroatoms. The van der Waals surface area contributed by atoms with Crippen molar-refractivity contribution >= 4 is 28.6 Å². The molecule has 2 heterocycles. The smallest absolute Gasteiger partial charge is 0.227 e. The number of imidazole rings is 1. The average molecular weight is 369 g/mol. The van der Waals surface area contributed by atoms with E-state index >= 15 is 0 Å². The molecule has 0 aliphatic rings. The number of nitrogens with one attached hydrogen (secondary N) is 2. The largest absolute Gasteiger partial charge is 0.398 e. The van der Waals surface area contributed by atoms with Gasteiger partial charge in [0.2, 0.25) is 5.95 Å². The highest BCUT2D eigenvalue weighted by molar-refractivity contribution is 5.84. The molecule has 1 atom stereocenters. The lowest BCUT2D eigenvalue weighted by Gasteiger charge is -2.20. The van der Waals surface area contributed by atoms with Crippen LogP contribution in [-0.2, 0) is 13.6 Å². The molecule has 0 radical (unpaired) electrons. The Balaban J connectivity index is 1.92. The van der Waals surface area contributed by atoms with Crippen LogP contribution in [0, 0.1) is 12.8 Å². The quantitative estimate of drug-likeness (QED) is 0.473. The molecule has 0 saturated heterocycles. The van der Waals surface area contributed by atoms with Crippen molar-refractivity contribution in [1.29, 1.82) is 0 Å². The third-order valence-corrected chi connectivity index (χ3v) is 4.62. The normalized spacial score (nSPS) is 12.5. The van der Waals surface area contributed by atoms with E-state index in [1.807, 2.05) is 44.5 Å². The van der Waals surface area contributed by atoms with Crippen molar-refractivity contribution in [2.75, 3.05) is 23.0 Å². The van der Waals surface area contributed by atoms with Crippen LogP contribution >= 0.6 is 0 Å². The number of aliphatic hydroxyl groups excluding tert-OH is 1. The van der Waals surface area contributed by atoms with Crippen molar-refractivity contribution in [2.24, 2.45) is 13.0 Å². The number of aliphatic hydroxyl groups is 1. The molecule has 144 valence electrons. The molecule has 1 aromatic carbocycles. The van der Waals surface area contributed by atoms with E-state index in [0.29, 0.717) is 29.5 Å². The highest BCUT2D eigenvalue weighted by Gasteiger charge is 2.17. The van der Waals surface area contributed by atoms with E-state index in [4.69, 9.17) is 5.73 Å².